The minimum Gasteiger partial charge on any atom is -0.487 e. The van der Waals surface area contributed by atoms with Crippen LogP contribution < -0.4 is 15.8 Å². The third-order valence-electron chi connectivity index (χ3n) is 4.45. The zero-order valence-electron chi connectivity index (χ0n) is 14.1. The molecule has 1 aliphatic heterocycles. The molecular weight excluding hydrogens is 304 g/mol. The zero-order valence-corrected chi connectivity index (χ0v) is 14.1. The van der Waals surface area contributed by atoms with E-state index in [2.05, 4.69) is 37.4 Å². The molecule has 0 aliphatic carbocycles. The van der Waals surface area contributed by atoms with Crippen molar-refractivity contribution in [3.05, 3.63) is 58.1 Å². The zero-order chi connectivity index (χ0) is 16.9. The Morgan fingerprint density at radius 3 is 2.92 bits per heavy atom. The van der Waals surface area contributed by atoms with E-state index in [1.807, 2.05) is 18.2 Å². The van der Waals surface area contributed by atoms with Gasteiger partial charge in [0.15, 0.2) is 5.58 Å². The number of para-hydroxylation sites is 1. The minimum absolute atomic E-state index is 0.146. The number of hydrogen-bond acceptors (Lipinski definition) is 4. The van der Waals surface area contributed by atoms with Gasteiger partial charge in [0.05, 0.1) is 5.52 Å². The van der Waals surface area contributed by atoms with Crippen LogP contribution in [0.3, 0.4) is 0 Å². The van der Waals surface area contributed by atoms with Crippen molar-refractivity contribution in [2.75, 3.05) is 5.32 Å². The third kappa shape index (κ3) is 2.46. The first-order chi connectivity index (χ1) is 11.4. The average molecular weight is 324 g/mol. The van der Waals surface area contributed by atoms with Crippen molar-refractivity contribution in [3.63, 3.8) is 0 Å². The first kappa shape index (κ1) is 14.9. The van der Waals surface area contributed by atoms with E-state index in [4.69, 9.17) is 9.15 Å². The Hall–Kier alpha value is -2.69. The summed E-state index contributed by atoms with van der Waals surface area (Å²) < 4.78 is 12.8. The maximum absolute atomic E-state index is 11.6. The Morgan fingerprint density at radius 2 is 2.08 bits per heavy atom. The molecule has 0 unspecified atom stereocenters. The van der Waals surface area contributed by atoms with Crippen LogP contribution >= 0.6 is 0 Å². The first-order valence-electron chi connectivity index (χ1n) is 8.06. The molecule has 1 N–H and O–H groups in total. The van der Waals surface area contributed by atoms with Gasteiger partial charge in [0.1, 0.15) is 11.4 Å². The van der Waals surface area contributed by atoms with Crippen molar-refractivity contribution in [2.24, 2.45) is 7.05 Å². The molecule has 1 aliphatic rings. The number of nitrogens with one attached hydrogen (secondary N) is 1. The van der Waals surface area contributed by atoms with Gasteiger partial charge in [-0.15, -0.1) is 0 Å². The Balaban J connectivity index is 1.59. The van der Waals surface area contributed by atoms with Crippen LogP contribution in [0.1, 0.15) is 25.0 Å². The molecule has 1 aromatic heterocycles. The summed E-state index contributed by atoms with van der Waals surface area (Å²) in [5.74, 6) is 0.644. The van der Waals surface area contributed by atoms with E-state index in [0.717, 1.165) is 28.9 Å². The van der Waals surface area contributed by atoms with E-state index in [0.29, 0.717) is 12.1 Å². The van der Waals surface area contributed by atoms with E-state index in [9.17, 15) is 4.79 Å². The molecule has 5 heteroatoms. The van der Waals surface area contributed by atoms with Gasteiger partial charge < -0.3 is 14.5 Å². The first-order valence-corrected chi connectivity index (χ1v) is 8.06. The number of anilines is 1. The lowest BCUT2D eigenvalue weighted by molar-refractivity contribution is 0.137. The molecule has 2 heterocycles. The summed E-state index contributed by atoms with van der Waals surface area (Å²) in [5.41, 5.74) is 4.56. The van der Waals surface area contributed by atoms with Crippen molar-refractivity contribution < 1.29 is 9.15 Å². The Morgan fingerprint density at radius 1 is 1.25 bits per heavy atom. The predicted molar refractivity (Wildman–Crippen MR) is 93.6 cm³/mol. The van der Waals surface area contributed by atoms with E-state index >= 15 is 0 Å². The second-order valence-corrected chi connectivity index (χ2v) is 6.91. The van der Waals surface area contributed by atoms with Gasteiger partial charge in [-0.2, -0.15) is 0 Å². The second-order valence-electron chi connectivity index (χ2n) is 6.91. The molecule has 5 nitrogen and oxygen atoms in total. The van der Waals surface area contributed by atoms with Crippen LogP contribution in [0.4, 0.5) is 5.69 Å². The van der Waals surface area contributed by atoms with E-state index in [1.54, 1.807) is 7.05 Å². The molecular formula is C19H20N2O3. The average Bonchev–Trinajstić information content (AvgIpc) is 3.01. The highest BCUT2D eigenvalue weighted by molar-refractivity contribution is 5.77. The van der Waals surface area contributed by atoms with E-state index in [-0.39, 0.29) is 11.4 Å². The highest BCUT2D eigenvalue weighted by Crippen LogP contribution is 2.37. The van der Waals surface area contributed by atoms with Crippen molar-refractivity contribution in [1.29, 1.82) is 0 Å². The molecule has 0 fully saturated rings. The summed E-state index contributed by atoms with van der Waals surface area (Å²) >= 11 is 0. The molecule has 0 amide bonds. The van der Waals surface area contributed by atoms with Crippen molar-refractivity contribution in [1.82, 2.24) is 4.57 Å². The van der Waals surface area contributed by atoms with Gasteiger partial charge in [-0.05, 0) is 37.6 Å². The quantitative estimate of drug-likeness (QED) is 0.801. The lowest BCUT2D eigenvalue weighted by Crippen LogP contribution is -2.25. The van der Waals surface area contributed by atoms with Crippen LogP contribution in [0.5, 0.6) is 5.75 Å². The molecule has 4 rings (SSSR count). The van der Waals surface area contributed by atoms with Gasteiger partial charge in [-0.3, -0.25) is 4.57 Å². The summed E-state index contributed by atoms with van der Waals surface area (Å²) in [6.45, 7) is 4.88. The molecule has 0 bridgehead atoms. The van der Waals surface area contributed by atoms with E-state index < -0.39 is 0 Å². The molecule has 0 saturated carbocycles. The lowest BCUT2D eigenvalue weighted by Gasteiger charge is -2.18. The molecule has 0 spiro atoms. The monoisotopic (exact) mass is 324 g/mol. The van der Waals surface area contributed by atoms with Crippen molar-refractivity contribution in [2.45, 2.75) is 32.4 Å². The van der Waals surface area contributed by atoms with Crippen LogP contribution in [0, 0.1) is 0 Å². The smallest absolute Gasteiger partial charge is 0.419 e. The number of nitrogens with zero attached hydrogens (tertiary/aromatic N) is 1. The highest BCUT2D eigenvalue weighted by Gasteiger charge is 2.31. The van der Waals surface area contributed by atoms with Crippen LogP contribution in [0.25, 0.3) is 11.1 Å². The number of hydrogen-bond donors (Lipinski definition) is 1. The van der Waals surface area contributed by atoms with Crippen molar-refractivity contribution >= 4 is 16.8 Å². The van der Waals surface area contributed by atoms with Gasteiger partial charge in [0.2, 0.25) is 0 Å². The summed E-state index contributed by atoms with van der Waals surface area (Å²) in [6, 6.07) is 11.9. The van der Waals surface area contributed by atoms with Gasteiger partial charge in [0.25, 0.3) is 0 Å². The van der Waals surface area contributed by atoms with Gasteiger partial charge in [-0.25, -0.2) is 4.79 Å². The fourth-order valence-corrected chi connectivity index (χ4v) is 3.25. The Bertz CT molecular complexity index is 982. The summed E-state index contributed by atoms with van der Waals surface area (Å²) in [7, 11) is 1.71. The number of aromatic nitrogens is 1. The van der Waals surface area contributed by atoms with Gasteiger partial charge in [-0.1, -0.05) is 18.2 Å². The number of oxazole rings is 1. The molecule has 24 heavy (non-hydrogen) atoms. The SMILES string of the molecule is Cn1c(=O)oc2ccc(NCc3cccc4c3OC(C)(C)C4)cc21. The normalized spacial score (nSPS) is 15.3. The highest BCUT2D eigenvalue weighted by atomic mass is 16.5. The third-order valence-corrected chi connectivity index (χ3v) is 4.45. The maximum Gasteiger partial charge on any atom is 0.419 e. The largest absolute Gasteiger partial charge is 0.487 e. The van der Waals surface area contributed by atoms with Gasteiger partial charge in [0, 0.05) is 31.3 Å². The van der Waals surface area contributed by atoms with Crippen molar-refractivity contribution in [3.8, 4) is 5.75 Å². The molecule has 0 atom stereocenters. The summed E-state index contributed by atoms with van der Waals surface area (Å²) in [5, 5.41) is 3.41. The minimum atomic E-state index is -0.348. The fourth-order valence-electron chi connectivity index (χ4n) is 3.25. The molecule has 3 aromatic rings. The number of aryl methyl sites for hydroxylation is 1. The number of ether oxygens (including phenoxy) is 1. The standard InChI is InChI=1S/C19H20N2O3/c1-19(2)10-12-5-4-6-13(17(12)24-19)11-20-14-7-8-16-15(9-14)21(3)18(22)23-16/h4-9,20H,10-11H2,1-3H3. The van der Waals surface area contributed by atoms with Crippen LogP contribution in [0.15, 0.2) is 45.6 Å². The number of benzene rings is 2. The Kier molecular flexibility index (Phi) is 3.20. The summed E-state index contributed by atoms with van der Waals surface area (Å²) in [6.07, 6.45) is 0.930. The maximum atomic E-state index is 11.6. The molecule has 0 radical (unpaired) electrons. The topological polar surface area (TPSA) is 56.4 Å². The second kappa shape index (κ2) is 5.16. The fraction of sp³-hybridized carbons (Fsp3) is 0.316. The van der Waals surface area contributed by atoms with Crippen LogP contribution in [0.2, 0.25) is 0 Å². The molecule has 2 aromatic carbocycles. The lowest BCUT2D eigenvalue weighted by atomic mass is 10.0. The Labute approximate surface area is 139 Å². The summed E-state index contributed by atoms with van der Waals surface area (Å²) in [4.78, 5) is 11.6. The van der Waals surface area contributed by atoms with Crippen LogP contribution in [-0.2, 0) is 20.0 Å². The number of fused-ring (bicyclic) bond motifs is 2. The predicted octanol–water partition coefficient (Wildman–Crippen LogP) is 3.46. The van der Waals surface area contributed by atoms with Crippen LogP contribution in [-0.4, -0.2) is 10.2 Å². The van der Waals surface area contributed by atoms with Gasteiger partial charge >= 0.3 is 5.76 Å². The molecule has 0 saturated heterocycles. The number of rotatable bonds is 3. The van der Waals surface area contributed by atoms with E-state index in [1.165, 1.54) is 10.1 Å². The molecule has 124 valence electrons.